The number of rotatable bonds is 11. The summed E-state index contributed by atoms with van der Waals surface area (Å²) < 4.78 is 27.7. The van der Waals surface area contributed by atoms with Gasteiger partial charge in [0.1, 0.15) is 16.7 Å². The Bertz CT molecular complexity index is 10600. The van der Waals surface area contributed by atoms with E-state index >= 15 is 0 Å². The predicted molar refractivity (Wildman–Crippen MR) is 617 cm³/mol. The first-order valence-electron chi connectivity index (χ1n) is 50.6. The highest BCUT2D eigenvalue weighted by Crippen LogP contribution is 2.53. The van der Waals surface area contributed by atoms with Gasteiger partial charge in [-0.2, -0.15) is 0 Å². The maximum atomic E-state index is 6.85. The third-order valence-corrected chi connectivity index (χ3v) is 29.8. The predicted octanol–water partition coefficient (Wildman–Crippen LogP) is 36.1. The van der Waals surface area contributed by atoms with Crippen LogP contribution in [0.4, 0.5) is 0 Å². The van der Waals surface area contributed by atoms with Crippen molar-refractivity contribution < 1.29 is 13.3 Å². The van der Waals surface area contributed by atoms with Crippen LogP contribution in [0.1, 0.15) is 0 Å². The topological polar surface area (TPSA) is 144 Å². The highest BCUT2D eigenvalue weighted by Gasteiger charge is 2.31. The van der Waals surface area contributed by atoms with Crippen molar-refractivity contribution in [3.05, 3.63) is 498 Å². The first-order chi connectivity index (χ1) is 74.4. The smallest absolute Gasteiger partial charge is 0.164 e. The summed E-state index contributed by atoms with van der Waals surface area (Å²) in [5, 5.41) is 28.1. The number of benzene rings is 23. The van der Waals surface area contributed by atoms with E-state index in [9.17, 15) is 0 Å². The fourth-order valence-electron chi connectivity index (χ4n) is 23.2. The number of hydrogen-bond donors (Lipinski definition) is 0. The summed E-state index contributed by atoms with van der Waals surface area (Å²) in [6.45, 7) is 0. The van der Waals surface area contributed by atoms with Crippen LogP contribution in [0.25, 0.3) is 304 Å². The summed E-state index contributed by atoms with van der Waals surface area (Å²) in [5.74, 6) is 3.28. The van der Waals surface area contributed by atoms with Crippen molar-refractivity contribution in [2.75, 3.05) is 0 Å². The van der Waals surface area contributed by atoms with E-state index in [4.69, 9.17) is 48.1 Å². The Morgan fingerprint density at radius 1 is 0.167 bits per heavy atom. The van der Waals surface area contributed by atoms with E-state index in [2.05, 4.69) is 366 Å². The van der Waals surface area contributed by atoms with Gasteiger partial charge in [-0.25, -0.2) is 34.9 Å². The fourth-order valence-corrected chi connectivity index (χ4v) is 23.2. The Labute approximate surface area is 857 Å². The standard InChI is InChI=1S/C48H29N3O.C47H28N4O.C42H25N3O/c1-3-14-31(15-4-1)40-29-41(32-16-5-2-6-17-32)50-48(49-40)33-23-26-34(27-24-33)51-45-35-18-8-7-13-30(35)25-28-39(45)43-36-19-9-10-20-37(36)44-38-21-11-12-22-42(38)52-47(44)46(43)51;1-3-14-30(15-4-1)45-48-46(31-16-5-2-6-17-31)50-47(49-45)32-23-26-33(27-24-32)51-42-34-18-8-7-13-29(34)25-28-38(42)40-35-19-9-10-20-36(35)41-37-21-11-12-22-39(37)52-44(41)43(40)51;1-3-14-27(15-4-1)38-34(25-43-42(44-38)28-16-5-2-6-17-28)45-39-29-18-8-7-13-26(29)23-24-33(39)36-30-19-9-10-20-31(30)37-32-21-11-12-22-35(32)46-41(37)40(36)45/h1-29H;1-28H;1-25H. The Kier molecular flexibility index (Phi) is 19.7. The summed E-state index contributed by atoms with van der Waals surface area (Å²) in [4.78, 5) is 35.4. The van der Waals surface area contributed by atoms with Crippen LogP contribution in [-0.2, 0) is 0 Å². The monoisotopic (exact) mass is 1910 g/mol. The number of nitrogens with zero attached hydrogens (tertiary/aromatic N) is 10. The van der Waals surface area contributed by atoms with Crippen molar-refractivity contribution in [2.24, 2.45) is 0 Å². The van der Waals surface area contributed by atoms with Crippen LogP contribution >= 0.6 is 0 Å². The first-order valence-corrected chi connectivity index (χ1v) is 50.6. The number of para-hydroxylation sites is 3. The lowest BCUT2D eigenvalue weighted by molar-refractivity contribution is 0.671. The van der Waals surface area contributed by atoms with Crippen LogP contribution in [0, 0.1) is 0 Å². The molecule has 9 aromatic heterocycles. The zero-order valence-corrected chi connectivity index (χ0v) is 80.5. The molecule has 0 N–H and O–H groups in total. The van der Waals surface area contributed by atoms with Crippen molar-refractivity contribution in [3.8, 4) is 108 Å². The zero-order valence-electron chi connectivity index (χ0n) is 80.5. The third kappa shape index (κ3) is 13.7. The molecule has 150 heavy (non-hydrogen) atoms. The Balaban J connectivity index is 0.000000104. The minimum atomic E-state index is 0.623. The van der Waals surface area contributed by atoms with Crippen molar-refractivity contribution in [3.63, 3.8) is 0 Å². The maximum Gasteiger partial charge on any atom is 0.164 e. The molecule has 0 radical (unpaired) electrons. The Morgan fingerprint density at radius 2 is 0.427 bits per heavy atom. The normalized spacial score (nSPS) is 11.9. The summed E-state index contributed by atoms with van der Waals surface area (Å²) in [6.07, 6.45) is 1.99. The van der Waals surface area contributed by atoms with Crippen LogP contribution in [-0.4, -0.2) is 48.6 Å². The first kappa shape index (κ1) is 85.2. The molecule has 0 saturated carbocycles. The van der Waals surface area contributed by atoms with Gasteiger partial charge >= 0.3 is 0 Å². The lowest BCUT2D eigenvalue weighted by atomic mass is 9.98. The average molecular weight is 1920 g/mol. The molecule has 0 amide bonds. The van der Waals surface area contributed by atoms with E-state index in [1.54, 1.807) is 0 Å². The molecular weight excluding hydrogens is 1830 g/mol. The molecule has 0 atom stereocenters. The van der Waals surface area contributed by atoms with Gasteiger partial charge in [0.05, 0.1) is 62.1 Å². The molecule has 0 saturated heterocycles. The number of fused-ring (bicyclic) bond motifs is 36. The molecule has 9 heterocycles. The number of furan rings is 3. The highest BCUT2D eigenvalue weighted by atomic mass is 16.3. The summed E-state index contributed by atoms with van der Waals surface area (Å²) in [5.41, 5.74) is 25.3. The van der Waals surface area contributed by atoms with E-state index in [-0.39, 0.29) is 0 Å². The van der Waals surface area contributed by atoms with Crippen molar-refractivity contribution in [1.82, 2.24) is 48.6 Å². The van der Waals surface area contributed by atoms with Crippen LogP contribution in [0.15, 0.2) is 511 Å². The van der Waals surface area contributed by atoms with Gasteiger partial charge in [0.2, 0.25) is 0 Å². The summed E-state index contributed by atoms with van der Waals surface area (Å²) >= 11 is 0. The molecule has 32 aromatic rings. The fraction of sp³-hybridized carbons (Fsp3) is 0. The van der Waals surface area contributed by atoms with Crippen molar-refractivity contribution in [2.45, 2.75) is 0 Å². The summed E-state index contributed by atoms with van der Waals surface area (Å²) in [7, 11) is 0. The van der Waals surface area contributed by atoms with E-state index in [1.165, 1.54) is 86.2 Å². The number of aromatic nitrogens is 10. The van der Waals surface area contributed by atoms with Gasteiger partial charge in [0.25, 0.3) is 0 Å². The van der Waals surface area contributed by atoms with Gasteiger partial charge < -0.3 is 27.0 Å². The lowest BCUT2D eigenvalue weighted by Gasteiger charge is -2.15. The molecule has 0 unspecified atom stereocenters. The van der Waals surface area contributed by atoms with Crippen LogP contribution in [0.3, 0.4) is 0 Å². The minimum Gasteiger partial charge on any atom is -0.454 e. The Morgan fingerprint density at radius 3 is 0.773 bits per heavy atom. The third-order valence-electron chi connectivity index (χ3n) is 29.8. The highest BCUT2D eigenvalue weighted by molar-refractivity contribution is 6.40. The molecule has 13 heteroatoms. The lowest BCUT2D eigenvalue weighted by Crippen LogP contribution is -2.03. The Hall–Kier alpha value is -20.4. The largest absolute Gasteiger partial charge is 0.454 e. The van der Waals surface area contributed by atoms with E-state index < -0.39 is 0 Å². The van der Waals surface area contributed by atoms with Gasteiger partial charge in [-0.15, -0.1) is 0 Å². The van der Waals surface area contributed by atoms with E-state index in [1.807, 2.05) is 146 Å². The number of hydrogen-bond acceptors (Lipinski definition) is 10. The second-order valence-corrected chi connectivity index (χ2v) is 38.3. The van der Waals surface area contributed by atoms with Gasteiger partial charge in [0, 0.05) is 137 Å². The van der Waals surface area contributed by atoms with Gasteiger partial charge in [-0.05, 0) is 121 Å². The van der Waals surface area contributed by atoms with Crippen molar-refractivity contribution in [1.29, 1.82) is 0 Å². The molecule has 32 rings (SSSR count). The van der Waals surface area contributed by atoms with Crippen LogP contribution in [0.5, 0.6) is 0 Å². The molecule has 0 aliphatic carbocycles. The van der Waals surface area contributed by atoms with Gasteiger partial charge in [-0.3, -0.25) is 0 Å². The molecule has 13 nitrogen and oxygen atoms in total. The second-order valence-electron chi connectivity index (χ2n) is 38.3. The second kappa shape index (κ2) is 34.7. The molecular formula is C137H82N10O3. The summed E-state index contributed by atoms with van der Waals surface area (Å²) in [6, 6.07) is 171. The molecule has 0 aliphatic heterocycles. The van der Waals surface area contributed by atoms with E-state index in [0.29, 0.717) is 29.1 Å². The average Bonchev–Trinajstić information content (AvgIpc) is 1.54. The maximum absolute atomic E-state index is 6.85. The molecule has 0 bridgehead atoms. The van der Waals surface area contributed by atoms with E-state index in [0.717, 1.165) is 188 Å². The van der Waals surface area contributed by atoms with Crippen LogP contribution in [0.2, 0.25) is 0 Å². The van der Waals surface area contributed by atoms with Gasteiger partial charge in [0.15, 0.2) is 45.9 Å². The van der Waals surface area contributed by atoms with Crippen LogP contribution < -0.4 is 0 Å². The SMILES string of the molecule is c1ccc(-c2cc(-c3ccccc3)nc(-c3ccc(-n4c5c6ccccc6ccc5c5c6ccccc6c6c7ccccc7oc6c54)cc3)n2)cc1.c1ccc(-c2nc(-c3ccccc3)nc(-c3ccc(-n4c5c6ccccc6ccc5c5c6ccccc6c6c7ccccc7oc6c54)cc3)n2)cc1.c1ccc(-c2ncc(-n3c4c5ccccc5ccc4c4c5ccccc5c5c6ccccc6oc5c43)c(-c3ccccc3)n2)cc1. The quantitative estimate of drug-likeness (QED) is 0.123. The molecule has 0 fully saturated rings. The molecule has 0 spiro atoms. The van der Waals surface area contributed by atoms with Gasteiger partial charge in [-0.1, -0.05) is 419 Å². The molecule has 23 aromatic carbocycles. The minimum absolute atomic E-state index is 0.623. The molecule has 698 valence electrons. The molecule has 0 aliphatic rings. The zero-order chi connectivity index (χ0) is 98.5. The van der Waals surface area contributed by atoms with Crippen molar-refractivity contribution >= 4 is 196 Å².